The van der Waals surface area contributed by atoms with Crippen LogP contribution in [0.3, 0.4) is 0 Å². The van der Waals surface area contributed by atoms with E-state index in [0.29, 0.717) is 13.0 Å². The lowest BCUT2D eigenvalue weighted by atomic mass is 9.71. The maximum absolute atomic E-state index is 12.8. The van der Waals surface area contributed by atoms with Crippen LogP contribution in [-0.2, 0) is 4.79 Å². The molecule has 136 valence electrons. The predicted molar refractivity (Wildman–Crippen MR) is 84.3 cm³/mol. The van der Waals surface area contributed by atoms with Gasteiger partial charge >= 0.3 is 6.61 Å². The monoisotopic (exact) mass is 354 g/mol. The fourth-order valence-electron chi connectivity index (χ4n) is 3.63. The van der Waals surface area contributed by atoms with Gasteiger partial charge in [0.1, 0.15) is 5.75 Å². The van der Waals surface area contributed by atoms with Crippen molar-refractivity contribution in [1.29, 1.82) is 0 Å². The SMILES string of the molecule is O=C(c1ccccc1OC(F)F)N1CC[C@@H](O)[C@@]2(CCCNC2=O)C1. The number of amides is 2. The molecular weight excluding hydrogens is 334 g/mol. The minimum Gasteiger partial charge on any atom is -0.434 e. The molecule has 2 atom stereocenters. The number of nitrogens with zero attached hydrogens (tertiary/aromatic N) is 1. The van der Waals surface area contributed by atoms with Crippen molar-refractivity contribution in [3.05, 3.63) is 29.8 Å². The van der Waals surface area contributed by atoms with E-state index in [0.717, 1.165) is 6.42 Å². The van der Waals surface area contributed by atoms with E-state index in [1.807, 2.05) is 0 Å². The van der Waals surface area contributed by atoms with Crippen molar-refractivity contribution >= 4 is 11.8 Å². The molecule has 2 heterocycles. The number of rotatable bonds is 3. The maximum atomic E-state index is 12.8. The summed E-state index contributed by atoms with van der Waals surface area (Å²) in [5.41, 5.74) is -1.02. The molecule has 2 aliphatic heterocycles. The van der Waals surface area contributed by atoms with E-state index in [2.05, 4.69) is 10.1 Å². The summed E-state index contributed by atoms with van der Waals surface area (Å²) in [5.74, 6) is -0.947. The average molecular weight is 354 g/mol. The Balaban J connectivity index is 1.85. The summed E-state index contributed by atoms with van der Waals surface area (Å²) >= 11 is 0. The molecule has 0 radical (unpaired) electrons. The van der Waals surface area contributed by atoms with Crippen LogP contribution in [0.15, 0.2) is 24.3 Å². The Bertz CT molecular complexity index is 670. The standard InChI is InChI=1S/C17H20F2N2O4/c18-16(19)25-12-5-2-1-4-11(12)14(23)21-9-6-13(22)17(10-21)7-3-8-20-15(17)24/h1-2,4-5,13,16,22H,3,6-10H2,(H,20,24)/t13-,17-/m1/s1. The zero-order chi connectivity index (χ0) is 18.0. The highest BCUT2D eigenvalue weighted by Crippen LogP contribution is 2.38. The summed E-state index contributed by atoms with van der Waals surface area (Å²) in [6.45, 7) is -2.18. The van der Waals surface area contributed by atoms with Gasteiger partial charge in [0.2, 0.25) is 5.91 Å². The fraction of sp³-hybridized carbons (Fsp3) is 0.529. The molecular formula is C17H20F2N2O4. The number of hydrogen-bond donors (Lipinski definition) is 2. The number of piperidine rings is 2. The van der Waals surface area contributed by atoms with Crippen LogP contribution in [0.5, 0.6) is 5.75 Å². The maximum Gasteiger partial charge on any atom is 0.387 e. The second-order valence-corrected chi connectivity index (χ2v) is 6.42. The second kappa shape index (κ2) is 6.95. The molecule has 1 aromatic carbocycles. The molecule has 3 rings (SSSR count). The lowest BCUT2D eigenvalue weighted by molar-refractivity contribution is -0.147. The first kappa shape index (κ1) is 17.6. The summed E-state index contributed by atoms with van der Waals surface area (Å²) < 4.78 is 29.5. The Morgan fingerprint density at radius 2 is 2.16 bits per heavy atom. The molecule has 2 aliphatic rings. The van der Waals surface area contributed by atoms with Gasteiger partial charge in [0.15, 0.2) is 0 Å². The van der Waals surface area contributed by atoms with E-state index in [4.69, 9.17) is 0 Å². The summed E-state index contributed by atoms with van der Waals surface area (Å²) in [6.07, 6.45) is 0.635. The first-order valence-corrected chi connectivity index (χ1v) is 8.23. The molecule has 0 saturated carbocycles. The topological polar surface area (TPSA) is 78.9 Å². The number of para-hydroxylation sites is 1. The largest absolute Gasteiger partial charge is 0.434 e. The number of aliphatic hydroxyl groups excluding tert-OH is 1. The molecule has 0 bridgehead atoms. The normalized spacial score (nSPS) is 26.6. The van der Waals surface area contributed by atoms with E-state index >= 15 is 0 Å². The smallest absolute Gasteiger partial charge is 0.387 e. The molecule has 2 saturated heterocycles. The van der Waals surface area contributed by atoms with Gasteiger partial charge in [-0.3, -0.25) is 9.59 Å². The molecule has 0 aromatic heterocycles. The van der Waals surface area contributed by atoms with Gasteiger partial charge in [-0.25, -0.2) is 0 Å². The number of halogens is 2. The lowest BCUT2D eigenvalue weighted by Crippen LogP contribution is -2.62. The van der Waals surface area contributed by atoms with Crippen LogP contribution in [0.1, 0.15) is 29.6 Å². The Morgan fingerprint density at radius 3 is 2.88 bits per heavy atom. The average Bonchev–Trinajstić information content (AvgIpc) is 2.59. The third kappa shape index (κ3) is 3.30. The van der Waals surface area contributed by atoms with Gasteiger partial charge in [-0.2, -0.15) is 8.78 Å². The number of likely N-dealkylation sites (tertiary alicyclic amines) is 1. The minimum absolute atomic E-state index is 0.0190. The third-order valence-corrected chi connectivity index (χ3v) is 4.94. The van der Waals surface area contributed by atoms with Crippen LogP contribution in [0.25, 0.3) is 0 Å². The van der Waals surface area contributed by atoms with Gasteiger partial charge in [0, 0.05) is 19.6 Å². The van der Waals surface area contributed by atoms with Crippen LogP contribution in [0, 0.1) is 5.41 Å². The van der Waals surface area contributed by atoms with Gasteiger partial charge in [0.05, 0.1) is 17.1 Å². The van der Waals surface area contributed by atoms with Gasteiger partial charge < -0.3 is 20.1 Å². The molecule has 8 heteroatoms. The molecule has 25 heavy (non-hydrogen) atoms. The molecule has 1 spiro atoms. The van der Waals surface area contributed by atoms with E-state index < -0.39 is 24.0 Å². The number of ether oxygens (including phenoxy) is 1. The lowest BCUT2D eigenvalue weighted by Gasteiger charge is -2.46. The van der Waals surface area contributed by atoms with E-state index in [-0.39, 0.29) is 36.7 Å². The van der Waals surface area contributed by atoms with E-state index in [1.54, 1.807) is 6.07 Å². The van der Waals surface area contributed by atoms with Crippen molar-refractivity contribution in [3.63, 3.8) is 0 Å². The minimum atomic E-state index is -3.03. The predicted octanol–water partition coefficient (Wildman–Crippen LogP) is 1.39. The number of carbonyl (C=O) groups excluding carboxylic acids is 2. The molecule has 2 N–H and O–H groups in total. The molecule has 2 amide bonds. The Labute approximate surface area is 143 Å². The third-order valence-electron chi connectivity index (χ3n) is 4.94. The number of carbonyl (C=O) groups is 2. The highest BCUT2D eigenvalue weighted by molar-refractivity contribution is 5.97. The number of alkyl halides is 2. The zero-order valence-electron chi connectivity index (χ0n) is 13.6. The number of hydrogen-bond acceptors (Lipinski definition) is 4. The van der Waals surface area contributed by atoms with Crippen LogP contribution >= 0.6 is 0 Å². The van der Waals surface area contributed by atoms with E-state index in [9.17, 15) is 23.5 Å². The Kier molecular flexibility index (Phi) is 4.89. The van der Waals surface area contributed by atoms with Crippen molar-refractivity contribution < 1.29 is 28.2 Å². The number of benzene rings is 1. The summed E-state index contributed by atoms with van der Waals surface area (Å²) in [6, 6.07) is 5.79. The first-order chi connectivity index (χ1) is 11.9. The molecule has 2 fully saturated rings. The highest BCUT2D eigenvalue weighted by Gasteiger charge is 2.50. The van der Waals surface area contributed by atoms with Crippen LogP contribution in [-0.4, -0.2) is 54.2 Å². The van der Waals surface area contributed by atoms with E-state index in [1.165, 1.54) is 23.1 Å². The number of aliphatic hydroxyl groups is 1. The summed E-state index contributed by atoms with van der Waals surface area (Å²) in [4.78, 5) is 26.6. The van der Waals surface area contributed by atoms with Gasteiger partial charge in [0.25, 0.3) is 5.91 Å². The van der Waals surface area contributed by atoms with Crippen LogP contribution < -0.4 is 10.1 Å². The van der Waals surface area contributed by atoms with Crippen molar-refractivity contribution in [2.45, 2.75) is 32.0 Å². The summed E-state index contributed by atoms with van der Waals surface area (Å²) in [7, 11) is 0. The van der Waals surface area contributed by atoms with Gasteiger partial charge in [-0.15, -0.1) is 0 Å². The quantitative estimate of drug-likeness (QED) is 0.860. The van der Waals surface area contributed by atoms with Crippen molar-refractivity contribution in [2.75, 3.05) is 19.6 Å². The second-order valence-electron chi connectivity index (χ2n) is 6.42. The zero-order valence-corrected chi connectivity index (χ0v) is 13.6. The van der Waals surface area contributed by atoms with Crippen LogP contribution in [0.4, 0.5) is 8.78 Å². The highest BCUT2D eigenvalue weighted by atomic mass is 19.3. The van der Waals surface area contributed by atoms with Crippen molar-refractivity contribution in [2.24, 2.45) is 5.41 Å². The Morgan fingerprint density at radius 1 is 1.40 bits per heavy atom. The fourth-order valence-corrected chi connectivity index (χ4v) is 3.63. The summed E-state index contributed by atoms with van der Waals surface area (Å²) in [5, 5.41) is 13.1. The van der Waals surface area contributed by atoms with Crippen molar-refractivity contribution in [3.8, 4) is 5.75 Å². The molecule has 0 aliphatic carbocycles. The first-order valence-electron chi connectivity index (χ1n) is 8.23. The van der Waals surface area contributed by atoms with Gasteiger partial charge in [-0.1, -0.05) is 12.1 Å². The molecule has 1 aromatic rings. The number of nitrogens with one attached hydrogen (secondary N) is 1. The molecule has 0 unspecified atom stereocenters. The Hall–Kier alpha value is -2.22. The van der Waals surface area contributed by atoms with Gasteiger partial charge in [-0.05, 0) is 31.4 Å². The van der Waals surface area contributed by atoms with Crippen molar-refractivity contribution in [1.82, 2.24) is 10.2 Å². The van der Waals surface area contributed by atoms with Crippen LogP contribution in [0.2, 0.25) is 0 Å². The molecule has 6 nitrogen and oxygen atoms in total.